The first-order chi connectivity index (χ1) is 10.6. The molecule has 0 saturated carbocycles. The summed E-state index contributed by atoms with van der Waals surface area (Å²) in [6.45, 7) is 0.287. The maximum Gasteiger partial charge on any atom is 0.343 e. The number of allylic oxidation sites excluding steroid dienone is 3. The van der Waals surface area contributed by atoms with Crippen molar-refractivity contribution in [3.63, 3.8) is 0 Å². The molecule has 0 heterocycles. The average molecular weight is 302 g/mol. The number of carbonyl (C=O) groups is 1. The molecule has 1 aliphatic rings. The Labute approximate surface area is 128 Å². The second kappa shape index (κ2) is 7.33. The van der Waals surface area contributed by atoms with Gasteiger partial charge >= 0.3 is 11.7 Å². The number of esters is 1. The van der Waals surface area contributed by atoms with Crippen LogP contribution in [0.3, 0.4) is 0 Å². The second-order valence-corrected chi connectivity index (χ2v) is 4.81. The van der Waals surface area contributed by atoms with Crippen LogP contribution in [0.4, 0.5) is 5.69 Å². The molecule has 1 unspecified atom stereocenters. The van der Waals surface area contributed by atoms with Gasteiger partial charge in [0.05, 0.1) is 36.4 Å². The summed E-state index contributed by atoms with van der Waals surface area (Å²) in [5.41, 5.74) is 0.248. The highest BCUT2D eigenvalue weighted by Crippen LogP contribution is 2.19. The summed E-state index contributed by atoms with van der Waals surface area (Å²) in [6, 6.07) is 5.35. The molecule has 0 amide bonds. The Morgan fingerprint density at radius 2 is 2.14 bits per heavy atom. The number of carbonyl (C=O) groups excluding carboxylic acids is 1. The first kappa shape index (κ1) is 15.7. The number of ether oxygens (including phenoxy) is 2. The van der Waals surface area contributed by atoms with E-state index in [0.29, 0.717) is 12.0 Å². The van der Waals surface area contributed by atoms with Gasteiger partial charge in [-0.2, -0.15) is 0 Å². The van der Waals surface area contributed by atoms with E-state index in [-0.39, 0.29) is 18.2 Å². The molecule has 114 valence electrons. The number of nitro benzene ring substituents is 1. The summed E-state index contributed by atoms with van der Waals surface area (Å²) in [6.07, 6.45) is 8.40. The molecule has 2 rings (SSSR count). The van der Waals surface area contributed by atoms with Gasteiger partial charge in [-0.25, -0.2) is 4.79 Å². The fourth-order valence-corrected chi connectivity index (χ4v) is 2.03. The third-order valence-electron chi connectivity index (χ3n) is 3.32. The number of hydrogen-bond donors (Lipinski definition) is 0. The molecule has 0 saturated heterocycles. The highest BCUT2D eigenvalue weighted by molar-refractivity contribution is 5.89. The maximum atomic E-state index is 11.8. The van der Waals surface area contributed by atoms with Crippen molar-refractivity contribution in [1.82, 2.24) is 0 Å². The third kappa shape index (κ3) is 4.14. The van der Waals surface area contributed by atoms with Crippen LogP contribution in [-0.2, 0) is 9.47 Å². The van der Waals surface area contributed by atoms with Gasteiger partial charge in [0, 0.05) is 24.5 Å². The van der Waals surface area contributed by atoms with Crippen LogP contribution in [0.5, 0.6) is 0 Å². The van der Waals surface area contributed by atoms with Crippen molar-refractivity contribution in [3.8, 4) is 0 Å². The number of nitro groups is 1. The smallest absolute Gasteiger partial charge is 0.343 e. The molecule has 0 fully saturated rings. The Bertz CT molecular complexity index is 603. The van der Waals surface area contributed by atoms with Crippen LogP contribution in [0.2, 0.25) is 0 Å². The Hall–Kier alpha value is -2.72. The molecule has 1 aromatic rings. The molecule has 0 aromatic heterocycles. The van der Waals surface area contributed by atoms with E-state index < -0.39 is 10.9 Å². The van der Waals surface area contributed by atoms with Gasteiger partial charge in [0.25, 0.3) is 5.69 Å². The van der Waals surface area contributed by atoms with E-state index in [2.05, 4.69) is 6.08 Å². The van der Waals surface area contributed by atoms with E-state index in [1.54, 1.807) is 7.11 Å². The minimum absolute atomic E-state index is 0.0554. The fraction of sp³-hybridized carbons (Fsp3) is 0.312. The predicted molar refractivity (Wildman–Crippen MR) is 79.0 cm³/mol. The summed E-state index contributed by atoms with van der Waals surface area (Å²) in [7, 11) is 1.60. The lowest BCUT2D eigenvalue weighted by molar-refractivity contribution is -0.384. The van der Waals surface area contributed by atoms with Crippen molar-refractivity contribution in [3.05, 3.63) is 63.9 Å². The van der Waals surface area contributed by atoms with Crippen LogP contribution in [0, 0.1) is 22.1 Å². The van der Waals surface area contributed by atoms with Gasteiger partial charge in [-0.15, -0.1) is 0 Å². The first-order valence-electron chi connectivity index (χ1n) is 6.85. The molecule has 0 bridgehead atoms. The van der Waals surface area contributed by atoms with Crippen molar-refractivity contribution >= 4 is 11.7 Å². The first-order valence-corrected chi connectivity index (χ1v) is 6.85. The van der Waals surface area contributed by atoms with Crippen molar-refractivity contribution in [2.24, 2.45) is 5.92 Å². The van der Waals surface area contributed by atoms with Crippen LogP contribution in [-0.4, -0.2) is 24.6 Å². The maximum absolute atomic E-state index is 11.8. The van der Waals surface area contributed by atoms with Crippen molar-refractivity contribution in [2.75, 3.05) is 13.7 Å². The topological polar surface area (TPSA) is 78.7 Å². The Morgan fingerprint density at radius 1 is 1.41 bits per heavy atom. The number of rotatable bonds is 6. The molecule has 1 aromatic carbocycles. The van der Waals surface area contributed by atoms with Crippen LogP contribution in [0.1, 0.15) is 23.2 Å². The number of benzene rings is 1. The zero-order valence-corrected chi connectivity index (χ0v) is 12.2. The second-order valence-electron chi connectivity index (χ2n) is 4.81. The number of nitrogens with zero attached hydrogens (tertiary/aromatic N) is 1. The van der Waals surface area contributed by atoms with E-state index in [0.717, 1.165) is 12.2 Å². The zero-order valence-electron chi connectivity index (χ0n) is 12.2. The molecule has 0 aliphatic heterocycles. The lowest BCUT2D eigenvalue weighted by Crippen LogP contribution is -2.10. The monoisotopic (exact) mass is 302 g/mol. The molecular formula is C16H16NO5+. The lowest BCUT2D eigenvalue weighted by Gasteiger charge is -2.09. The van der Waals surface area contributed by atoms with E-state index in [9.17, 15) is 14.9 Å². The van der Waals surface area contributed by atoms with Crippen molar-refractivity contribution in [2.45, 2.75) is 12.8 Å². The van der Waals surface area contributed by atoms with Crippen LogP contribution < -0.4 is 0 Å². The summed E-state index contributed by atoms with van der Waals surface area (Å²) in [5.74, 6) is 0.509. The molecule has 0 N–H and O–H groups in total. The van der Waals surface area contributed by atoms with Gasteiger partial charge in [0.2, 0.25) is 0 Å². The quantitative estimate of drug-likeness (QED) is 0.349. The summed E-state index contributed by atoms with van der Waals surface area (Å²) < 4.78 is 10.2. The molecule has 0 radical (unpaired) electrons. The van der Waals surface area contributed by atoms with E-state index in [1.807, 2.05) is 12.2 Å². The number of methoxy groups -OCH3 is 1. The number of non-ortho nitro benzene ring substituents is 1. The van der Waals surface area contributed by atoms with Gasteiger partial charge in [-0.05, 0) is 18.6 Å². The summed E-state index contributed by atoms with van der Waals surface area (Å²) in [4.78, 5) is 21.8. The number of hydrogen-bond acceptors (Lipinski definition) is 5. The Morgan fingerprint density at radius 3 is 2.68 bits per heavy atom. The van der Waals surface area contributed by atoms with Crippen LogP contribution >= 0.6 is 0 Å². The average Bonchev–Trinajstić information content (AvgIpc) is 2.55. The van der Waals surface area contributed by atoms with Gasteiger partial charge in [-0.1, -0.05) is 0 Å². The molecule has 0 spiro atoms. The lowest BCUT2D eigenvalue weighted by atomic mass is 9.97. The van der Waals surface area contributed by atoms with Gasteiger partial charge < -0.3 is 9.47 Å². The minimum atomic E-state index is -0.511. The molecule has 6 nitrogen and oxygen atoms in total. The molecule has 6 heteroatoms. The third-order valence-corrected chi connectivity index (χ3v) is 3.32. The van der Waals surface area contributed by atoms with E-state index in [1.165, 1.54) is 24.3 Å². The van der Waals surface area contributed by atoms with Crippen LogP contribution in [0.15, 0.2) is 42.2 Å². The highest BCUT2D eigenvalue weighted by Gasteiger charge is 2.18. The molecule has 1 atom stereocenters. The standard InChI is InChI=1S/C16H16NO5/c1-21-15-8-2-12(3-9-15)10-11-22-16(18)13-4-6-14(7-5-13)17(19)20/h2,4-7,9,12H,3,10-11H2,1H3/q+1. The largest absolute Gasteiger partial charge is 0.462 e. The van der Waals surface area contributed by atoms with E-state index in [4.69, 9.17) is 9.47 Å². The van der Waals surface area contributed by atoms with Crippen LogP contribution in [0.25, 0.3) is 0 Å². The normalized spacial score (nSPS) is 16.4. The minimum Gasteiger partial charge on any atom is -0.462 e. The zero-order chi connectivity index (χ0) is 15.9. The molecule has 1 aliphatic carbocycles. The van der Waals surface area contributed by atoms with Gasteiger partial charge in [0.1, 0.15) is 6.08 Å². The highest BCUT2D eigenvalue weighted by atomic mass is 16.6. The van der Waals surface area contributed by atoms with Gasteiger partial charge in [-0.3, -0.25) is 10.1 Å². The van der Waals surface area contributed by atoms with Crippen molar-refractivity contribution < 1.29 is 19.2 Å². The Kier molecular flexibility index (Phi) is 5.22. The van der Waals surface area contributed by atoms with E-state index >= 15 is 0 Å². The van der Waals surface area contributed by atoms with Crippen molar-refractivity contribution in [1.29, 1.82) is 0 Å². The summed E-state index contributed by atoms with van der Waals surface area (Å²) in [5, 5.41) is 10.5. The molecular weight excluding hydrogens is 286 g/mol. The molecule has 22 heavy (non-hydrogen) atoms. The fourth-order valence-electron chi connectivity index (χ4n) is 2.03. The SMILES string of the molecule is COC1=CCC(CCOC(=O)c2ccc([N+](=O)[O-])cc2)C=[C+]1. The Balaban J connectivity index is 1.77. The summed E-state index contributed by atoms with van der Waals surface area (Å²) >= 11 is 0. The predicted octanol–water partition coefficient (Wildman–Crippen LogP) is 3.05. The van der Waals surface area contributed by atoms with Gasteiger partial charge in [0.15, 0.2) is 0 Å².